The largest absolute Gasteiger partial charge is 0.508 e. The molecule has 0 bridgehead atoms. The first-order chi connectivity index (χ1) is 10.1. The standard InChI is InChI=1S/C16H17ClFNO2/c1-2-5-21-16-4-3-12(17)8-15(16)19-10-11-6-13(18)9-14(20)7-11/h3-4,6-9,19-20H,2,5,10H2,1H3. The van der Waals surface area contributed by atoms with E-state index in [-0.39, 0.29) is 5.75 Å². The molecule has 112 valence electrons. The summed E-state index contributed by atoms with van der Waals surface area (Å²) >= 11 is 5.99. The molecule has 0 radical (unpaired) electrons. The van der Waals surface area contributed by atoms with E-state index in [2.05, 4.69) is 5.32 Å². The molecule has 0 saturated heterocycles. The second-order valence-corrected chi connectivity index (χ2v) is 5.10. The number of aromatic hydroxyl groups is 1. The maximum Gasteiger partial charge on any atom is 0.142 e. The topological polar surface area (TPSA) is 41.5 Å². The summed E-state index contributed by atoms with van der Waals surface area (Å²) in [5.74, 6) is 0.127. The van der Waals surface area contributed by atoms with Gasteiger partial charge in [-0.15, -0.1) is 0 Å². The van der Waals surface area contributed by atoms with Crippen molar-refractivity contribution in [3.63, 3.8) is 0 Å². The van der Waals surface area contributed by atoms with E-state index < -0.39 is 5.82 Å². The molecular weight excluding hydrogens is 293 g/mol. The number of nitrogens with one attached hydrogen (secondary N) is 1. The SMILES string of the molecule is CCCOc1ccc(Cl)cc1NCc1cc(O)cc(F)c1. The summed E-state index contributed by atoms with van der Waals surface area (Å²) in [4.78, 5) is 0. The van der Waals surface area contributed by atoms with Gasteiger partial charge in [0.25, 0.3) is 0 Å². The Morgan fingerprint density at radius 3 is 2.76 bits per heavy atom. The van der Waals surface area contributed by atoms with Gasteiger partial charge in [0.15, 0.2) is 0 Å². The highest BCUT2D eigenvalue weighted by molar-refractivity contribution is 6.30. The van der Waals surface area contributed by atoms with E-state index in [4.69, 9.17) is 16.3 Å². The van der Waals surface area contributed by atoms with Crippen LogP contribution in [0.2, 0.25) is 5.02 Å². The van der Waals surface area contributed by atoms with Crippen LogP contribution in [0, 0.1) is 5.82 Å². The molecule has 2 aromatic rings. The van der Waals surface area contributed by atoms with Gasteiger partial charge in [-0.05, 0) is 42.3 Å². The minimum absolute atomic E-state index is 0.0969. The number of hydrogen-bond acceptors (Lipinski definition) is 3. The maximum absolute atomic E-state index is 13.2. The number of hydrogen-bond donors (Lipinski definition) is 2. The lowest BCUT2D eigenvalue weighted by Crippen LogP contribution is -2.04. The first-order valence-electron chi connectivity index (χ1n) is 6.73. The average Bonchev–Trinajstić information content (AvgIpc) is 2.43. The Kier molecular flexibility index (Phi) is 5.28. The van der Waals surface area contributed by atoms with Crippen LogP contribution in [0.3, 0.4) is 0 Å². The first kappa shape index (κ1) is 15.4. The van der Waals surface area contributed by atoms with Gasteiger partial charge in [0.05, 0.1) is 12.3 Å². The van der Waals surface area contributed by atoms with Gasteiger partial charge < -0.3 is 15.2 Å². The third kappa shape index (κ3) is 4.53. The highest BCUT2D eigenvalue weighted by Crippen LogP contribution is 2.29. The van der Waals surface area contributed by atoms with Gasteiger partial charge >= 0.3 is 0 Å². The van der Waals surface area contributed by atoms with E-state index in [0.29, 0.717) is 29.5 Å². The van der Waals surface area contributed by atoms with Gasteiger partial charge in [-0.3, -0.25) is 0 Å². The van der Waals surface area contributed by atoms with Crippen molar-refractivity contribution in [2.45, 2.75) is 19.9 Å². The summed E-state index contributed by atoms with van der Waals surface area (Å²) < 4.78 is 18.9. The number of rotatable bonds is 6. The summed E-state index contributed by atoms with van der Waals surface area (Å²) in [5, 5.41) is 13.1. The second kappa shape index (κ2) is 7.18. The van der Waals surface area contributed by atoms with Gasteiger partial charge in [0.1, 0.15) is 17.3 Å². The summed E-state index contributed by atoms with van der Waals surface area (Å²) in [7, 11) is 0. The molecule has 0 aliphatic rings. The van der Waals surface area contributed by atoms with Crippen LogP contribution in [0.5, 0.6) is 11.5 Å². The van der Waals surface area contributed by atoms with Crippen molar-refractivity contribution in [3.8, 4) is 11.5 Å². The highest BCUT2D eigenvalue weighted by atomic mass is 35.5. The summed E-state index contributed by atoms with van der Waals surface area (Å²) in [6, 6.07) is 9.25. The highest BCUT2D eigenvalue weighted by Gasteiger charge is 2.06. The molecule has 0 saturated carbocycles. The fourth-order valence-electron chi connectivity index (χ4n) is 1.91. The van der Waals surface area contributed by atoms with Crippen LogP contribution >= 0.6 is 11.6 Å². The van der Waals surface area contributed by atoms with E-state index in [9.17, 15) is 9.50 Å². The number of phenols is 1. The van der Waals surface area contributed by atoms with Crippen molar-refractivity contribution in [1.82, 2.24) is 0 Å². The number of anilines is 1. The van der Waals surface area contributed by atoms with Crippen LogP contribution in [-0.4, -0.2) is 11.7 Å². The zero-order valence-electron chi connectivity index (χ0n) is 11.7. The lowest BCUT2D eigenvalue weighted by molar-refractivity contribution is 0.319. The summed E-state index contributed by atoms with van der Waals surface area (Å²) in [6.45, 7) is 2.99. The van der Waals surface area contributed by atoms with Crippen molar-refractivity contribution in [3.05, 3.63) is 52.8 Å². The molecule has 0 aromatic heterocycles. The lowest BCUT2D eigenvalue weighted by Gasteiger charge is -2.13. The van der Waals surface area contributed by atoms with E-state index in [1.165, 1.54) is 12.1 Å². The maximum atomic E-state index is 13.2. The van der Waals surface area contributed by atoms with E-state index in [0.717, 1.165) is 18.2 Å². The molecule has 2 rings (SSSR count). The Morgan fingerprint density at radius 2 is 2.05 bits per heavy atom. The molecule has 21 heavy (non-hydrogen) atoms. The number of benzene rings is 2. The van der Waals surface area contributed by atoms with Gasteiger partial charge in [-0.25, -0.2) is 4.39 Å². The zero-order valence-corrected chi connectivity index (χ0v) is 12.5. The second-order valence-electron chi connectivity index (χ2n) is 4.66. The molecule has 2 aromatic carbocycles. The van der Waals surface area contributed by atoms with Gasteiger partial charge in [0, 0.05) is 17.6 Å². The molecule has 0 heterocycles. The van der Waals surface area contributed by atoms with Crippen molar-refractivity contribution in [2.24, 2.45) is 0 Å². The van der Waals surface area contributed by atoms with Crippen LogP contribution in [0.25, 0.3) is 0 Å². The fraction of sp³-hybridized carbons (Fsp3) is 0.250. The van der Waals surface area contributed by atoms with Crippen molar-refractivity contribution in [2.75, 3.05) is 11.9 Å². The zero-order chi connectivity index (χ0) is 15.2. The van der Waals surface area contributed by atoms with E-state index in [1.54, 1.807) is 18.2 Å². The van der Waals surface area contributed by atoms with Crippen LogP contribution in [0.4, 0.5) is 10.1 Å². The molecule has 0 aliphatic carbocycles. The predicted molar refractivity (Wildman–Crippen MR) is 82.6 cm³/mol. The van der Waals surface area contributed by atoms with Crippen LogP contribution < -0.4 is 10.1 Å². The average molecular weight is 310 g/mol. The van der Waals surface area contributed by atoms with Crippen molar-refractivity contribution in [1.29, 1.82) is 0 Å². The number of ether oxygens (including phenoxy) is 1. The Hall–Kier alpha value is -1.94. The Bertz CT molecular complexity index is 599. The minimum atomic E-state index is -0.472. The first-order valence-corrected chi connectivity index (χ1v) is 7.11. The quantitative estimate of drug-likeness (QED) is 0.820. The molecule has 0 aliphatic heterocycles. The van der Waals surface area contributed by atoms with Crippen LogP contribution in [-0.2, 0) is 6.54 Å². The Morgan fingerprint density at radius 1 is 1.24 bits per heavy atom. The van der Waals surface area contributed by atoms with Crippen molar-refractivity contribution >= 4 is 17.3 Å². The van der Waals surface area contributed by atoms with Crippen LogP contribution in [0.15, 0.2) is 36.4 Å². The number of halogens is 2. The molecule has 3 nitrogen and oxygen atoms in total. The smallest absolute Gasteiger partial charge is 0.142 e. The molecule has 0 spiro atoms. The third-order valence-electron chi connectivity index (χ3n) is 2.83. The fourth-order valence-corrected chi connectivity index (χ4v) is 2.08. The Balaban J connectivity index is 2.12. The Labute approximate surface area is 128 Å². The molecule has 0 unspecified atom stereocenters. The van der Waals surface area contributed by atoms with E-state index in [1.807, 2.05) is 6.92 Å². The monoisotopic (exact) mass is 309 g/mol. The van der Waals surface area contributed by atoms with Gasteiger partial charge in [-0.1, -0.05) is 18.5 Å². The third-order valence-corrected chi connectivity index (χ3v) is 3.06. The van der Waals surface area contributed by atoms with Gasteiger partial charge in [0.2, 0.25) is 0 Å². The molecule has 0 fully saturated rings. The molecule has 2 N–H and O–H groups in total. The van der Waals surface area contributed by atoms with Crippen molar-refractivity contribution < 1.29 is 14.2 Å². The van der Waals surface area contributed by atoms with E-state index >= 15 is 0 Å². The molecule has 0 atom stereocenters. The molecule has 5 heteroatoms. The molecular formula is C16H17ClFNO2. The number of phenolic OH excluding ortho intramolecular Hbond substituents is 1. The molecule has 0 amide bonds. The normalized spacial score (nSPS) is 10.4. The van der Waals surface area contributed by atoms with Crippen LogP contribution in [0.1, 0.15) is 18.9 Å². The summed E-state index contributed by atoms with van der Waals surface area (Å²) in [5.41, 5.74) is 1.37. The lowest BCUT2D eigenvalue weighted by atomic mass is 10.2. The predicted octanol–water partition coefficient (Wildman–Crippen LogP) is 4.59. The minimum Gasteiger partial charge on any atom is -0.508 e. The summed E-state index contributed by atoms with van der Waals surface area (Å²) in [6.07, 6.45) is 0.903. The van der Waals surface area contributed by atoms with Gasteiger partial charge in [-0.2, -0.15) is 0 Å².